The van der Waals surface area contributed by atoms with Crippen molar-refractivity contribution in [3.63, 3.8) is 0 Å². The molecule has 0 unspecified atom stereocenters. The minimum Gasteiger partial charge on any atom is -0.481 e. The molecular formula is C12H12N2O4S. The van der Waals surface area contributed by atoms with Crippen LogP contribution in [0.3, 0.4) is 0 Å². The third-order valence-corrected chi connectivity index (χ3v) is 3.14. The molecule has 0 fully saturated rings. The molecule has 0 radical (unpaired) electrons. The van der Waals surface area contributed by atoms with E-state index in [1.54, 1.807) is 0 Å². The lowest BCUT2D eigenvalue weighted by Gasteiger charge is -2.00. The maximum Gasteiger partial charge on any atom is 0.305 e. The van der Waals surface area contributed by atoms with E-state index in [2.05, 4.69) is 10.3 Å². The van der Waals surface area contributed by atoms with Crippen LogP contribution in [0.5, 0.6) is 0 Å². The minimum atomic E-state index is -0.943. The Hall–Kier alpha value is -2.15. The summed E-state index contributed by atoms with van der Waals surface area (Å²) >= 11 is 1.50. The van der Waals surface area contributed by atoms with Crippen molar-refractivity contribution in [1.82, 2.24) is 10.3 Å². The predicted molar refractivity (Wildman–Crippen MR) is 68.8 cm³/mol. The van der Waals surface area contributed by atoms with Gasteiger partial charge in [-0.2, -0.15) is 0 Å². The Kier molecular flexibility index (Phi) is 4.30. The van der Waals surface area contributed by atoms with Crippen LogP contribution in [0.2, 0.25) is 0 Å². The molecule has 2 rings (SSSR count). The van der Waals surface area contributed by atoms with Crippen LogP contribution in [-0.4, -0.2) is 28.5 Å². The molecule has 19 heavy (non-hydrogen) atoms. The number of oxazole rings is 1. The molecule has 0 atom stereocenters. The van der Waals surface area contributed by atoms with Gasteiger partial charge in [-0.3, -0.25) is 9.59 Å². The van der Waals surface area contributed by atoms with Crippen LogP contribution in [0.4, 0.5) is 0 Å². The first-order valence-electron chi connectivity index (χ1n) is 5.62. The van der Waals surface area contributed by atoms with Gasteiger partial charge in [0.1, 0.15) is 6.26 Å². The summed E-state index contributed by atoms with van der Waals surface area (Å²) in [6, 6.07) is 3.77. The third-order valence-electron chi connectivity index (χ3n) is 2.29. The van der Waals surface area contributed by atoms with Crippen LogP contribution in [-0.2, 0) is 16.0 Å². The lowest BCUT2D eigenvalue weighted by atomic mass is 10.3. The van der Waals surface area contributed by atoms with Gasteiger partial charge in [-0.05, 0) is 11.4 Å². The van der Waals surface area contributed by atoms with Crippen molar-refractivity contribution < 1.29 is 19.1 Å². The molecule has 0 bridgehead atoms. The number of carboxylic acids is 1. The van der Waals surface area contributed by atoms with E-state index in [-0.39, 0.29) is 25.3 Å². The number of carboxylic acid groups (broad SMARTS) is 1. The maximum absolute atomic E-state index is 11.5. The summed E-state index contributed by atoms with van der Waals surface area (Å²) in [4.78, 5) is 26.9. The Morgan fingerprint density at radius 2 is 2.32 bits per heavy atom. The van der Waals surface area contributed by atoms with Crippen LogP contribution in [0.15, 0.2) is 28.2 Å². The Bertz CT molecular complexity index is 562. The van der Waals surface area contributed by atoms with Gasteiger partial charge < -0.3 is 14.8 Å². The zero-order valence-corrected chi connectivity index (χ0v) is 10.8. The van der Waals surface area contributed by atoms with Crippen molar-refractivity contribution in [3.05, 3.63) is 29.5 Å². The molecule has 0 aliphatic carbocycles. The van der Waals surface area contributed by atoms with Crippen LogP contribution in [0.25, 0.3) is 10.8 Å². The Balaban J connectivity index is 1.86. The number of nitrogens with zero attached hydrogens (tertiary/aromatic N) is 1. The molecular weight excluding hydrogens is 268 g/mol. The topological polar surface area (TPSA) is 92.4 Å². The van der Waals surface area contributed by atoms with Crippen molar-refractivity contribution >= 4 is 23.2 Å². The molecule has 0 aromatic carbocycles. The molecule has 0 aliphatic rings. The Labute approximate surface area is 113 Å². The van der Waals surface area contributed by atoms with Crippen LogP contribution in [0, 0.1) is 0 Å². The molecule has 7 heteroatoms. The fourth-order valence-corrected chi connectivity index (χ4v) is 2.09. The van der Waals surface area contributed by atoms with E-state index in [0.29, 0.717) is 11.6 Å². The predicted octanol–water partition coefficient (Wildman–Crippen LogP) is 1.54. The first kappa shape index (κ1) is 13.3. The zero-order valence-electron chi connectivity index (χ0n) is 9.96. The van der Waals surface area contributed by atoms with E-state index < -0.39 is 5.97 Å². The van der Waals surface area contributed by atoms with Crippen molar-refractivity contribution in [2.45, 2.75) is 12.8 Å². The van der Waals surface area contributed by atoms with E-state index in [0.717, 1.165) is 4.88 Å². The Morgan fingerprint density at radius 1 is 1.47 bits per heavy atom. The van der Waals surface area contributed by atoms with Crippen LogP contribution in [0.1, 0.15) is 12.1 Å². The van der Waals surface area contributed by atoms with Gasteiger partial charge in [-0.15, -0.1) is 11.3 Å². The standard InChI is InChI=1S/C12H12N2O4S/c15-10(13-4-3-11(16)17)6-8-7-18-12(14-8)9-2-1-5-19-9/h1-2,5,7H,3-4,6H2,(H,13,15)(H,16,17). The summed E-state index contributed by atoms with van der Waals surface area (Å²) < 4.78 is 5.28. The lowest BCUT2D eigenvalue weighted by Crippen LogP contribution is -2.27. The number of thiophene rings is 1. The molecule has 0 saturated carbocycles. The van der Waals surface area contributed by atoms with E-state index >= 15 is 0 Å². The molecule has 2 heterocycles. The molecule has 0 spiro atoms. The Morgan fingerprint density at radius 3 is 3.00 bits per heavy atom. The molecule has 2 N–H and O–H groups in total. The average Bonchev–Trinajstić information content (AvgIpc) is 2.97. The number of carbonyl (C=O) groups is 2. The van der Waals surface area contributed by atoms with Gasteiger partial charge in [0.15, 0.2) is 0 Å². The largest absolute Gasteiger partial charge is 0.481 e. The summed E-state index contributed by atoms with van der Waals surface area (Å²) in [6.07, 6.45) is 1.42. The number of hydrogen-bond donors (Lipinski definition) is 2. The van der Waals surface area contributed by atoms with Gasteiger partial charge in [0.25, 0.3) is 0 Å². The van der Waals surface area contributed by atoms with Crippen molar-refractivity contribution in [2.24, 2.45) is 0 Å². The summed E-state index contributed by atoms with van der Waals surface area (Å²) in [7, 11) is 0. The fraction of sp³-hybridized carbons (Fsp3) is 0.250. The van der Waals surface area contributed by atoms with E-state index in [1.807, 2.05) is 17.5 Å². The van der Waals surface area contributed by atoms with Crippen molar-refractivity contribution in [2.75, 3.05) is 6.54 Å². The van der Waals surface area contributed by atoms with Gasteiger partial charge in [-0.25, -0.2) is 4.98 Å². The smallest absolute Gasteiger partial charge is 0.305 e. The first-order valence-corrected chi connectivity index (χ1v) is 6.50. The van der Waals surface area contributed by atoms with E-state index in [9.17, 15) is 9.59 Å². The normalized spacial score (nSPS) is 10.3. The molecule has 100 valence electrons. The van der Waals surface area contributed by atoms with Gasteiger partial charge in [0.2, 0.25) is 11.8 Å². The number of carbonyl (C=O) groups excluding carboxylic acids is 1. The van der Waals surface area contributed by atoms with E-state index in [4.69, 9.17) is 9.52 Å². The van der Waals surface area contributed by atoms with E-state index in [1.165, 1.54) is 17.6 Å². The number of amides is 1. The van der Waals surface area contributed by atoms with Crippen molar-refractivity contribution in [1.29, 1.82) is 0 Å². The van der Waals surface area contributed by atoms with Gasteiger partial charge in [-0.1, -0.05) is 6.07 Å². The molecule has 1 amide bonds. The highest BCUT2D eigenvalue weighted by molar-refractivity contribution is 7.13. The number of aliphatic carboxylic acids is 1. The third kappa shape index (κ3) is 3.92. The van der Waals surface area contributed by atoms with Gasteiger partial charge in [0, 0.05) is 6.54 Å². The zero-order chi connectivity index (χ0) is 13.7. The van der Waals surface area contributed by atoms with Gasteiger partial charge in [0.05, 0.1) is 23.4 Å². The quantitative estimate of drug-likeness (QED) is 0.837. The summed E-state index contributed by atoms with van der Waals surface area (Å²) in [6.45, 7) is 0.115. The number of aromatic nitrogens is 1. The highest BCUT2D eigenvalue weighted by atomic mass is 32.1. The molecule has 6 nitrogen and oxygen atoms in total. The number of rotatable bonds is 6. The summed E-state index contributed by atoms with van der Waals surface area (Å²) in [5.74, 6) is -0.725. The van der Waals surface area contributed by atoms with Crippen LogP contribution < -0.4 is 5.32 Å². The monoisotopic (exact) mass is 280 g/mol. The number of nitrogens with one attached hydrogen (secondary N) is 1. The van der Waals surface area contributed by atoms with Gasteiger partial charge >= 0.3 is 5.97 Å². The summed E-state index contributed by atoms with van der Waals surface area (Å²) in [5.41, 5.74) is 0.524. The van der Waals surface area contributed by atoms with Crippen molar-refractivity contribution in [3.8, 4) is 10.8 Å². The lowest BCUT2D eigenvalue weighted by molar-refractivity contribution is -0.136. The molecule has 2 aromatic rings. The highest BCUT2D eigenvalue weighted by Gasteiger charge is 2.11. The second-order valence-corrected chi connectivity index (χ2v) is 4.74. The second-order valence-electron chi connectivity index (χ2n) is 3.79. The second kappa shape index (κ2) is 6.14. The summed E-state index contributed by atoms with van der Waals surface area (Å²) in [5, 5.41) is 12.9. The highest BCUT2D eigenvalue weighted by Crippen LogP contribution is 2.23. The maximum atomic E-state index is 11.5. The molecule has 0 aliphatic heterocycles. The number of hydrogen-bond acceptors (Lipinski definition) is 5. The fourth-order valence-electron chi connectivity index (χ4n) is 1.44. The first-order chi connectivity index (χ1) is 9.15. The minimum absolute atomic E-state index is 0.0779. The average molecular weight is 280 g/mol. The molecule has 0 saturated heterocycles. The molecule has 2 aromatic heterocycles. The van der Waals surface area contributed by atoms with Crippen LogP contribution >= 0.6 is 11.3 Å². The SMILES string of the molecule is O=C(O)CCNC(=O)Cc1coc(-c2cccs2)n1.